The number of halogens is 2. The van der Waals surface area contributed by atoms with Gasteiger partial charge >= 0.3 is 0 Å². The lowest BCUT2D eigenvalue weighted by molar-refractivity contribution is 0.141. The summed E-state index contributed by atoms with van der Waals surface area (Å²) in [4.78, 5) is 7.30. The number of alkyl halides is 2. The Balaban J connectivity index is 2.55. The first-order chi connectivity index (χ1) is 7.20. The molecule has 0 aliphatic carbocycles. The Morgan fingerprint density at radius 3 is 2.80 bits per heavy atom. The van der Waals surface area contributed by atoms with Gasteiger partial charge in [0.15, 0.2) is 5.82 Å². The number of methoxy groups -OCH3 is 1. The number of ether oxygens (including phenoxy) is 1. The van der Waals surface area contributed by atoms with Gasteiger partial charge in [-0.1, -0.05) is 0 Å². The number of aromatic nitrogens is 2. The topological polar surface area (TPSA) is 35.0 Å². The maximum Gasteiger partial charge on any atom is 0.297 e. The molecule has 0 atom stereocenters. The van der Waals surface area contributed by atoms with Gasteiger partial charge in [-0.25, -0.2) is 18.7 Å². The molecule has 2 aromatic rings. The smallest absolute Gasteiger partial charge is 0.297 e. The van der Waals surface area contributed by atoms with Crippen molar-refractivity contribution >= 4 is 10.9 Å². The van der Waals surface area contributed by atoms with Crippen LogP contribution in [0.25, 0.3) is 10.9 Å². The second-order valence-electron chi connectivity index (χ2n) is 2.95. The number of fused-ring (bicyclic) bond motifs is 1. The van der Waals surface area contributed by atoms with Gasteiger partial charge < -0.3 is 4.74 Å². The summed E-state index contributed by atoms with van der Waals surface area (Å²) in [5.74, 6) is 0.198. The molecule has 0 aliphatic rings. The van der Waals surface area contributed by atoms with E-state index in [0.717, 1.165) is 0 Å². The summed E-state index contributed by atoms with van der Waals surface area (Å²) >= 11 is 0. The molecular weight excluding hydrogens is 202 g/mol. The van der Waals surface area contributed by atoms with E-state index in [1.165, 1.54) is 13.3 Å². The number of rotatable bonds is 2. The summed E-state index contributed by atoms with van der Waals surface area (Å²) in [7, 11) is 1.54. The molecule has 5 heteroatoms. The second kappa shape index (κ2) is 3.76. The quantitative estimate of drug-likeness (QED) is 0.764. The van der Waals surface area contributed by atoms with Gasteiger partial charge in [0, 0.05) is 11.6 Å². The second-order valence-corrected chi connectivity index (χ2v) is 2.95. The van der Waals surface area contributed by atoms with E-state index < -0.39 is 12.2 Å². The number of hydrogen-bond donors (Lipinski definition) is 0. The number of benzene rings is 1. The molecule has 3 nitrogen and oxygen atoms in total. The Bertz CT molecular complexity index is 488. The lowest BCUT2D eigenvalue weighted by Gasteiger charge is -2.03. The third-order valence-electron chi connectivity index (χ3n) is 2.00. The minimum atomic E-state index is -2.64. The fourth-order valence-electron chi connectivity index (χ4n) is 1.26. The van der Waals surface area contributed by atoms with Crippen molar-refractivity contribution in [3.05, 3.63) is 30.2 Å². The summed E-state index contributed by atoms with van der Waals surface area (Å²) < 4.78 is 29.6. The Labute approximate surface area is 84.7 Å². The summed E-state index contributed by atoms with van der Waals surface area (Å²) in [6, 6.07) is 5.00. The van der Waals surface area contributed by atoms with E-state index in [0.29, 0.717) is 16.7 Å². The Hall–Kier alpha value is -1.78. The largest absolute Gasteiger partial charge is 0.497 e. The van der Waals surface area contributed by atoms with Gasteiger partial charge in [0.05, 0.1) is 12.6 Å². The van der Waals surface area contributed by atoms with Gasteiger partial charge in [0.25, 0.3) is 6.43 Å². The number of hydrogen-bond acceptors (Lipinski definition) is 3. The first-order valence-electron chi connectivity index (χ1n) is 4.29. The van der Waals surface area contributed by atoms with Crippen LogP contribution in [0.1, 0.15) is 12.2 Å². The van der Waals surface area contributed by atoms with Crippen LogP contribution in [0.5, 0.6) is 5.75 Å². The van der Waals surface area contributed by atoms with Crippen LogP contribution in [0.15, 0.2) is 24.4 Å². The van der Waals surface area contributed by atoms with Crippen LogP contribution in [0, 0.1) is 0 Å². The Kier molecular flexibility index (Phi) is 2.45. The molecule has 0 fully saturated rings. The summed E-state index contributed by atoms with van der Waals surface area (Å²) in [5.41, 5.74) is 0.487. The zero-order valence-corrected chi connectivity index (χ0v) is 7.95. The summed E-state index contributed by atoms with van der Waals surface area (Å²) in [6.45, 7) is 0. The van der Waals surface area contributed by atoms with Crippen molar-refractivity contribution in [2.24, 2.45) is 0 Å². The maximum atomic E-state index is 12.3. The van der Waals surface area contributed by atoms with Crippen LogP contribution in [0.3, 0.4) is 0 Å². The molecule has 1 aromatic carbocycles. The highest BCUT2D eigenvalue weighted by atomic mass is 19.3. The molecule has 1 aromatic heterocycles. The third-order valence-corrected chi connectivity index (χ3v) is 2.00. The molecule has 0 bridgehead atoms. The third kappa shape index (κ3) is 1.86. The molecule has 0 aliphatic heterocycles. The Morgan fingerprint density at radius 1 is 1.33 bits per heavy atom. The van der Waals surface area contributed by atoms with Gasteiger partial charge in [0.1, 0.15) is 5.75 Å². The predicted molar refractivity (Wildman–Crippen MR) is 51.0 cm³/mol. The molecule has 1 heterocycles. The lowest BCUT2D eigenvalue weighted by atomic mass is 10.2. The van der Waals surface area contributed by atoms with E-state index in [9.17, 15) is 8.78 Å². The minimum absolute atomic E-state index is 0.451. The molecule has 78 valence electrons. The minimum Gasteiger partial charge on any atom is -0.497 e. The molecule has 15 heavy (non-hydrogen) atoms. The van der Waals surface area contributed by atoms with Crippen molar-refractivity contribution in [3.8, 4) is 5.75 Å². The molecular formula is C10H8F2N2O. The van der Waals surface area contributed by atoms with E-state index in [1.54, 1.807) is 18.2 Å². The maximum absolute atomic E-state index is 12.3. The van der Waals surface area contributed by atoms with Crippen molar-refractivity contribution in [1.82, 2.24) is 9.97 Å². The van der Waals surface area contributed by atoms with E-state index in [-0.39, 0.29) is 0 Å². The van der Waals surface area contributed by atoms with Gasteiger partial charge in [0.2, 0.25) is 0 Å². The molecule has 0 radical (unpaired) electrons. The van der Waals surface area contributed by atoms with Crippen molar-refractivity contribution in [3.63, 3.8) is 0 Å². The van der Waals surface area contributed by atoms with Crippen molar-refractivity contribution in [1.29, 1.82) is 0 Å². The fourth-order valence-corrected chi connectivity index (χ4v) is 1.26. The van der Waals surface area contributed by atoms with Crippen molar-refractivity contribution in [2.75, 3.05) is 7.11 Å². The van der Waals surface area contributed by atoms with Crippen molar-refractivity contribution in [2.45, 2.75) is 6.43 Å². The van der Waals surface area contributed by atoms with Gasteiger partial charge in [-0.3, -0.25) is 0 Å². The zero-order valence-electron chi connectivity index (χ0n) is 7.95. The van der Waals surface area contributed by atoms with Crippen LogP contribution in [-0.2, 0) is 0 Å². The first-order valence-corrected chi connectivity index (χ1v) is 4.29. The number of nitrogens with zero attached hydrogens (tertiary/aromatic N) is 2. The standard InChI is InChI=1S/C10H8F2N2O/c1-15-7-2-3-8-6(4-7)5-13-10(14-8)9(11)12/h2-5,9H,1H3. The van der Waals surface area contributed by atoms with Gasteiger partial charge in [-0.2, -0.15) is 0 Å². The molecule has 0 spiro atoms. The van der Waals surface area contributed by atoms with Gasteiger partial charge in [-0.05, 0) is 18.2 Å². The van der Waals surface area contributed by atoms with E-state index in [1.807, 2.05) is 0 Å². The molecule has 0 saturated carbocycles. The van der Waals surface area contributed by atoms with Gasteiger partial charge in [-0.15, -0.1) is 0 Å². The predicted octanol–water partition coefficient (Wildman–Crippen LogP) is 2.58. The molecule has 0 saturated heterocycles. The van der Waals surface area contributed by atoms with Crippen LogP contribution in [-0.4, -0.2) is 17.1 Å². The summed E-state index contributed by atoms with van der Waals surface area (Å²) in [6.07, 6.45) is -1.27. The highest BCUT2D eigenvalue weighted by Crippen LogP contribution is 2.21. The average molecular weight is 210 g/mol. The van der Waals surface area contributed by atoms with Crippen molar-refractivity contribution < 1.29 is 13.5 Å². The van der Waals surface area contributed by atoms with Crippen LogP contribution in [0.2, 0.25) is 0 Å². The molecule has 2 rings (SSSR count). The van der Waals surface area contributed by atoms with Crippen LogP contribution >= 0.6 is 0 Å². The SMILES string of the molecule is COc1ccc2nc(C(F)F)ncc2c1. The fraction of sp³-hybridized carbons (Fsp3) is 0.200. The molecule has 0 N–H and O–H groups in total. The van der Waals surface area contributed by atoms with E-state index >= 15 is 0 Å². The lowest BCUT2D eigenvalue weighted by Crippen LogP contribution is -1.95. The average Bonchev–Trinajstić information content (AvgIpc) is 2.27. The highest BCUT2D eigenvalue weighted by Gasteiger charge is 2.10. The Morgan fingerprint density at radius 2 is 2.13 bits per heavy atom. The highest BCUT2D eigenvalue weighted by molar-refractivity contribution is 5.79. The van der Waals surface area contributed by atoms with Crippen LogP contribution in [0.4, 0.5) is 8.78 Å². The van der Waals surface area contributed by atoms with E-state index in [2.05, 4.69) is 9.97 Å². The first kappa shape index (κ1) is 9.76. The zero-order chi connectivity index (χ0) is 10.8. The van der Waals surface area contributed by atoms with E-state index in [4.69, 9.17) is 4.74 Å². The van der Waals surface area contributed by atoms with Crippen LogP contribution < -0.4 is 4.74 Å². The normalized spacial score (nSPS) is 10.9. The molecule has 0 unspecified atom stereocenters. The monoisotopic (exact) mass is 210 g/mol. The molecule has 0 amide bonds. The summed E-state index contributed by atoms with van der Waals surface area (Å²) in [5, 5.41) is 0.679.